The van der Waals surface area contributed by atoms with E-state index in [0.717, 1.165) is 24.0 Å². The second-order valence-corrected chi connectivity index (χ2v) is 6.32. The first-order valence-electron chi connectivity index (χ1n) is 8.06. The molecule has 4 nitrogen and oxygen atoms in total. The van der Waals surface area contributed by atoms with Gasteiger partial charge in [0, 0.05) is 23.2 Å². The Balaban J connectivity index is 1.73. The maximum atomic E-state index is 12.5. The summed E-state index contributed by atoms with van der Waals surface area (Å²) < 4.78 is 5.89. The van der Waals surface area contributed by atoms with E-state index in [0.29, 0.717) is 22.4 Å². The van der Waals surface area contributed by atoms with Crippen LogP contribution < -0.4 is 10.7 Å². The molecule has 1 N–H and O–H groups in total. The van der Waals surface area contributed by atoms with Crippen molar-refractivity contribution in [3.8, 4) is 11.3 Å². The normalized spacial score (nSPS) is 13.9. The number of benzene rings is 2. The van der Waals surface area contributed by atoms with Crippen LogP contribution in [0.2, 0.25) is 0 Å². The third-order valence-electron chi connectivity index (χ3n) is 4.25. The maximum absolute atomic E-state index is 12.5. The van der Waals surface area contributed by atoms with E-state index in [9.17, 15) is 9.59 Å². The molecule has 0 atom stereocenters. The second kappa shape index (κ2) is 5.64. The summed E-state index contributed by atoms with van der Waals surface area (Å²) in [5.74, 6) is 0.696. The van der Waals surface area contributed by atoms with Crippen molar-refractivity contribution in [3.63, 3.8) is 0 Å². The van der Waals surface area contributed by atoms with E-state index < -0.39 is 0 Å². The zero-order valence-corrected chi connectivity index (χ0v) is 13.3. The molecule has 1 amide bonds. The van der Waals surface area contributed by atoms with Gasteiger partial charge in [-0.05, 0) is 44.0 Å². The van der Waals surface area contributed by atoms with Crippen LogP contribution in [0.5, 0.6) is 0 Å². The van der Waals surface area contributed by atoms with Gasteiger partial charge >= 0.3 is 0 Å². The summed E-state index contributed by atoms with van der Waals surface area (Å²) in [6.07, 6.45) is 1.89. The van der Waals surface area contributed by atoms with Crippen LogP contribution in [0.1, 0.15) is 18.4 Å². The maximum Gasteiger partial charge on any atom is 0.227 e. The highest BCUT2D eigenvalue weighted by atomic mass is 16.3. The number of anilines is 1. The lowest BCUT2D eigenvalue weighted by Gasteiger charge is -2.07. The van der Waals surface area contributed by atoms with E-state index in [2.05, 4.69) is 5.32 Å². The van der Waals surface area contributed by atoms with Crippen LogP contribution in [0.15, 0.2) is 57.7 Å². The number of amides is 1. The summed E-state index contributed by atoms with van der Waals surface area (Å²) in [6, 6.07) is 14.5. The van der Waals surface area contributed by atoms with Crippen LogP contribution in [-0.2, 0) is 4.79 Å². The number of aryl methyl sites for hydroxylation is 1. The predicted octanol–water partition coefficient (Wildman–Crippen LogP) is 4.12. The highest BCUT2D eigenvalue weighted by Gasteiger charge is 2.29. The molecule has 2 aromatic carbocycles. The van der Waals surface area contributed by atoms with Crippen LogP contribution >= 0.6 is 0 Å². The van der Waals surface area contributed by atoms with Gasteiger partial charge in [0.15, 0.2) is 5.43 Å². The topological polar surface area (TPSA) is 59.3 Å². The Morgan fingerprint density at radius 3 is 2.71 bits per heavy atom. The molecular weight excluding hydrogens is 302 g/mol. The van der Waals surface area contributed by atoms with Crippen molar-refractivity contribution >= 4 is 22.6 Å². The van der Waals surface area contributed by atoms with Crippen LogP contribution in [0.4, 0.5) is 5.69 Å². The smallest absolute Gasteiger partial charge is 0.227 e. The van der Waals surface area contributed by atoms with Gasteiger partial charge in [-0.25, -0.2) is 0 Å². The molecule has 0 radical (unpaired) electrons. The van der Waals surface area contributed by atoms with Crippen molar-refractivity contribution in [2.75, 3.05) is 5.32 Å². The number of hydrogen-bond donors (Lipinski definition) is 1. The number of rotatable bonds is 3. The molecule has 1 aliphatic carbocycles. The molecule has 0 bridgehead atoms. The third-order valence-corrected chi connectivity index (χ3v) is 4.25. The second-order valence-electron chi connectivity index (χ2n) is 6.32. The Morgan fingerprint density at radius 2 is 1.96 bits per heavy atom. The van der Waals surface area contributed by atoms with Crippen molar-refractivity contribution in [1.29, 1.82) is 0 Å². The molecule has 4 rings (SSSR count). The number of fused-ring (bicyclic) bond motifs is 1. The Bertz CT molecular complexity index is 999. The average Bonchev–Trinajstić information content (AvgIpc) is 3.40. The molecule has 3 aromatic rings. The first-order valence-corrected chi connectivity index (χ1v) is 8.06. The quantitative estimate of drug-likeness (QED) is 0.790. The SMILES string of the molecule is Cc1cccc(-c2cc(=O)c3cc(NC(=O)C4CC4)ccc3o2)c1. The minimum absolute atomic E-state index is 0.0233. The van der Waals surface area contributed by atoms with E-state index in [4.69, 9.17) is 4.42 Å². The molecule has 120 valence electrons. The van der Waals surface area contributed by atoms with Gasteiger partial charge in [-0.1, -0.05) is 23.8 Å². The fraction of sp³-hybridized carbons (Fsp3) is 0.200. The summed E-state index contributed by atoms with van der Waals surface area (Å²) in [6.45, 7) is 2.00. The summed E-state index contributed by atoms with van der Waals surface area (Å²) in [7, 11) is 0. The highest BCUT2D eigenvalue weighted by molar-refractivity contribution is 5.96. The fourth-order valence-electron chi connectivity index (χ4n) is 2.76. The average molecular weight is 319 g/mol. The van der Waals surface area contributed by atoms with Crippen LogP contribution in [0.3, 0.4) is 0 Å². The molecule has 1 heterocycles. The fourth-order valence-corrected chi connectivity index (χ4v) is 2.76. The molecule has 24 heavy (non-hydrogen) atoms. The monoisotopic (exact) mass is 319 g/mol. The van der Waals surface area contributed by atoms with E-state index in [-0.39, 0.29) is 17.3 Å². The van der Waals surface area contributed by atoms with Crippen molar-refractivity contribution in [2.45, 2.75) is 19.8 Å². The van der Waals surface area contributed by atoms with Gasteiger partial charge in [0.2, 0.25) is 5.91 Å². The lowest BCUT2D eigenvalue weighted by molar-refractivity contribution is -0.117. The van der Waals surface area contributed by atoms with Crippen molar-refractivity contribution < 1.29 is 9.21 Å². The molecule has 0 saturated heterocycles. The third kappa shape index (κ3) is 2.83. The summed E-state index contributed by atoms with van der Waals surface area (Å²) in [5.41, 5.74) is 3.02. The van der Waals surface area contributed by atoms with Gasteiger partial charge in [0.05, 0.1) is 5.39 Å². The Hall–Kier alpha value is -2.88. The standard InChI is InChI=1S/C20H17NO3/c1-12-3-2-4-14(9-12)19-11-17(22)16-10-15(7-8-18(16)24-19)21-20(23)13-5-6-13/h2-4,7-11,13H,5-6H2,1H3,(H,21,23). The molecule has 0 unspecified atom stereocenters. The molecule has 0 spiro atoms. The van der Waals surface area contributed by atoms with Crippen LogP contribution in [0, 0.1) is 12.8 Å². The summed E-state index contributed by atoms with van der Waals surface area (Å²) in [4.78, 5) is 24.3. The first-order chi connectivity index (χ1) is 11.6. The number of carbonyl (C=O) groups excluding carboxylic acids is 1. The van der Waals surface area contributed by atoms with Gasteiger partial charge in [-0.2, -0.15) is 0 Å². The Kier molecular flexibility index (Phi) is 3.45. The minimum Gasteiger partial charge on any atom is -0.456 e. The molecule has 1 saturated carbocycles. The van der Waals surface area contributed by atoms with Gasteiger partial charge in [0.25, 0.3) is 0 Å². The van der Waals surface area contributed by atoms with Crippen molar-refractivity contribution in [3.05, 3.63) is 64.3 Å². The van der Waals surface area contributed by atoms with Gasteiger partial charge in [-0.3, -0.25) is 9.59 Å². The van der Waals surface area contributed by atoms with E-state index >= 15 is 0 Å². The van der Waals surface area contributed by atoms with Crippen molar-refractivity contribution in [1.82, 2.24) is 0 Å². The number of nitrogens with one attached hydrogen (secondary N) is 1. The molecule has 0 aliphatic heterocycles. The number of carbonyl (C=O) groups is 1. The molecule has 4 heteroatoms. The highest BCUT2D eigenvalue weighted by Crippen LogP contribution is 2.30. The Labute approximate surface area is 139 Å². The number of hydrogen-bond acceptors (Lipinski definition) is 3. The largest absolute Gasteiger partial charge is 0.456 e. The van der Waals surface area contributed by atoms with Gasteiger partial charge < -0.3 is 9.73 Å². The van der Waals surface area contributed by atoms with Crippen molar-refractivity contribution in [2.24, 2.45) is 5.92 Å². The molecular formula is C20H17NO3. The lowest BCUT2D eigenvalue weighted by Crippen LogP contribution is -2.13. The molecule has 1 aliphatic rings. The van der Waals surface area contributed by atoms with E-state index in [1.807, 2.05) is 31.2 Å². The van der Waals surface area contributed by atoms with E-state index in [1.165, 1.54) is 6.07 Å². The van der Waals surface area contributed by atoms with E-state index in [1.54, 1.807) is 18.2 Å². The Morgan fingerprint density at radius 1 is 1.12 bits per heavy atom. The first kappa shape index (κ1) is 14.7. The molecule has 1 fully saturated rings. The molecule has 1 aromatic heterocycles. The predicted molar refractivity (Wildman–Crippen MR) is 94.0 cm³/mol. The van der Waals surface area contributed by atoms with Gasteiger partial charge in [-0.15, -0.1) is 0 Å². The minimum atomic E-state index is -0.115. The summed E-state index contributed by atoms with van der Waals surface area (Å²) >= 11 is 0. The summed E-state index contributed by atoms with van der Waals surface area (Å²) in [5, 5.41) is 3.33. The zero-order valence-electron chi connectivity index (χ0n) is 13.3. The lowest BCUT2D eigenvalue weighted by atomic mass is 10.1. The van der Waals surface area contributed by atoms with Crippen LogP contribution in [0.25, 0.3) is 22.3 Å². The van der Waals surface area contributed by atoms with Crippen LogP contribution in [-0.4, -0.2) is 5.91 Å². The van der Waals surface area contributed by atoms with Gasteiger partial charge in [0.1, 0.15) is 11.3 Å². The zero-order chi connectivity index (χ0) is 16.7.